The van der Waals surface area contributed by atoms with Crippen LogP contribution in [0.25, 0.3) is 0 Å². The summed E-state index contributed by atoms with van der Waals surface area (Å²) in [6.07, 6.45) is 0. The summed E-state index contributed by atoms with van der Waals surface area (Å²) in [7, 11) is 0. The average Bonchev–Trinajstić information content (AvgIpc) is 3.15. The lowest BCUT2D eigenvalue weighted by Crippen LogP contribution is -2.23. The van der Waals surface area contributed by atoms with Crippen molar-refractivity contribution in [1.29, 1.82) is 0 Å². The Morgan fingerprint density at radius 2 is 2.12 bits per heavy atom. The first kappa shape index (κ1) is 16.6. The SMILES string of the molecule is CC(C)Cn1nnnc1SC(C)C(=O)Nc1ccc2c(c1)OCO2. The molecule has 1 aromatic heterocycles. The minimum atomic E-state index is -0.340. The first-order chi connectivity index (χ1) is 11.5. The van der Waals surface area contributed by atoms with Crippen molar-refractivity contribution in [3.05, 3.63) is 18.2 Å². The number of ether oxygens (including phenoxy) is 2. The van der Waals surface area contributed by atoms with Crippen molar-refractivity contribution in [3.63, 3.8) is 0 Å². The van der Waals surface area contributed by atoms with Gasteiger partial charge in [0, 0.05) is 18.3 Å². The molecule has 8 nitrogen and oxygen atoms in total. The molecule has 24 heavy (non-hydrogen) atoms. The molecule has 9 heteroatoms. The van der Waals surface area contributed by atoms with Gasteiger partial charge >= 0.3 is 0 Å². The number of hydrogen-bond donors (Lipinski definition) is 1. The number of aromatic nitrogens is 4. The number of nitrogens with zero attached hydrogens (tertiary/aromatic N) is 4. The van der Waals surface area contributed by atoms with Gasteiger partial charge in [0.2, 0.25) is 17.9 Å². The number of thioether (sulfide) groups is 1. The van der Waals surface area contributed by atoms with Gasteiger partial charge in [-0.2, -0.15) is 0 Å². The minimum Gasteiger partial charge on any atom is -0.454 e. The van der Waals surface area contributed by atoms with Crippen molar-refractivity contribution in [2.75, 3.05) is 12.1 Å². The van der Waals surface area contributed by atoms with Crippen LogP contribution in [0.3, 0.4) is 0 Å². The lowest BCUT2D eigenvalue weighted by Gasteiger charge is -2.12. The molecule has 1 N–H and O–H groups in total. The lowest BCUT2D eigenvalue weighted by molar-refractivity contribution is -0.115. The van der Waals surface area contributed by atoms with Crippen LogP contribution in [0.5, 0.6) is 11.5 Å². The summed E-state index contributed by atoms with van der Waals surface area (Å²) in [4.78, 5) is 12.4. The Labute approximate surface area is 143 Å². The monoisotopic (exact) mass is 349 g/mol. The smallest absolute Gasteiger partial charge is 0.237 e. The number of benzene rings is 1. The normalized spacial score (nSPS) is 14.0. The molecule has 2 heterocycles. The molecule has 1 amide bonds. The number of rotatable bonds is 6. The molecule has 128 valence electrons. The second kappa shape index (κ2) is 7.08. The van der Waals surface area contributed by atoms with Crippen LogP contribution >= 0.6 is 11.8 Å². The molecule has 0 bridgehead atoms. The maximum absolute atomic E-state index is 12.4. The quantitative estimate of drug-likeness (QED) is 0.799. The Kier molecular flexibility index (Phi) is 4.89. The Morgan fingerprint density at radius 3 is 2.92 bits per heavy atom. The van der Waals surface area contributed by atoms with Gasteiger partial charge in [0.15, 0.2) is 11.5 Å². The van der Waals surface area contributed by atoms with E-state index in [1.165, 1.54) is 11.8 Å². The van der Waals surface area contributed by atoms with E-state index >= 15 is 0 Å². The van der Waals surface area contributed by atoms with Crippen molar-refractivity contribution < 1.29 is 14.3 Å². The fraction of sp³-hybridized carbons (Fsp3) is 0.467. The van der Waals surface area contributed by atoms with Crippen LogP contribution in [0.1, 0.15) is 20.8 Å². The van der Waals surface area contributed by atoms with E-state index in [1.54, 1.807) is 22.9 Å². The summed E-state index contributed by atoms with van der Waals surface area (Å²) in [5, 5.41) is 14.8. The zero-order valence-corrected chi connectivity index (χ0v) is 14.5. The summed E-state index contributed by atoms with van der Waals surface area (Å²) < 4.78 is 12.3. The third-order valence-electron chi connectivity index (χ3n) is 3.33. The Morgan fingerprint density at radius 1 is 1.33 bits per heavy atom. The number of carbonyl (C=O) groups excluding carboxylic acids is 1. The van der Waals surface area contributed by atoms with Crippen molar-refractivity contribution in [3.8, 4) is 11.5 Å². The molecular formula is C15H19N5O3S. The maximum atomic E-state index is 12.4. The molecule has 0 radical (unpaired) electrons. The second-order valence-electron chi connectivity index (χ2n) is 5.85. The van der Waals surface area contributed by atoms with Gasteiger partial charge in [0.05, 0.1) is 5.25 Å². The van der Waals surface area contributed by atoms with Crippen molar-refractivity contribution in [2.24, 2.45) is 5.92 Å². The van der Waals surface area contributed by atoms with Gasteiger partial charge in [-0.15, -0.1) is 5.10 Å². The van der Waals surface area contributed by atoms with Crippen LogP contribution in [0.15, 0.2) is 23.4 Å². The van der Waals surface area contributed by atoms with E-state index in [9.17, 15) is 4.79 Å². The van der Waals surface area contributed by atoms with Crippen molar-refractivity contribution >= 4 is 23.4 Å². The number of carbonyl (C=O) groups is 1. The molecule has 1 atom stereocenters. The van der Waals surface area contributed by atoms with Crippen LogP contribution in [0, 0.1) is 5.92 Å². The molecule has 1 aliphatic rings. The van der Waals surface area contributed by atoms with Gasteiger partial charge in [-0.1, -0.05) is 25.6 Å². The largest absolute Gasteiger partial charge is 0.454 e. The molecule has 0 spiro atoms. The van der Waals surface area contributed by atoms with Gasteiger partial charge in [-0.25, -0.2) is 4.68 Å². The average molecular weight is 349 g/mol. The minimum absolute atomic E-state index is 0.127. The van der Waals surface area contributed by atoms with E-state index < -0.39 is 0 Å². The number of amides is 1. The van der Waals surface area contributed by atoms with Crippen LogP contribution < -0.4 is 14.8 Å². The molecule has 1 unspecified atom stereocenters. The molecule has 2 aromatic rings. The van der Waals surface area contributed by atoms with Gasteiger partial charge in [0.25, 0.3) is 0 Å². The Bertz CT molecular complexity index is 734. The third-order valence-corrected chi connectivity index (χ3v) is 4.40. The fourth-order valence-corrected chi connectivity index (χ4v) is 2.97. The van der Waals surface area contributed by atoms with E-state index in [4.69, 9.17) is 9.47 Å². The maximum Gasteiger partial charge on any atom is 0.237 e. The number of tetrazole rings is 1. The predicted octanol–water partition coefficient (Wildman–Crippen LogP) is 2.18. The molecule has 1 aromatic carbocycles. The molecule has 0 aliphatic carbocycles. The third kappa shape index (κ3) is 3.78. The van der Waals surface area contributed by atoms with Crippen LogP contribution in [0.2, 0.25) is 0 Å². The highest BCUT2D eigenvalue weighted by Crippen LogP contribution is 2.34. The number of nitrogens with one attached hydrogen (secondary N) is 1. The number of fused-ring (bicyclic) bond motifs is 1. The summed E-state index contributed by atoms with van der Waals surface area (Å²) in [5.41, 5.74) is 0.665. The van der Waals surface area contributed by atoms with Crippen molar-refractivity contribution in [2.45, 2.75) is 37.7 Å². The summed E-state index contributed by atoms with van der Waals surface area (Å²) in [5.74, 6) is 1.61. The molecule has 1 aliphatic heterocycles. The van der Waals surface area contributed by atoms with Gasteiger partial charge in [0.1, 0.15) is 0 Å². The number of anilines is 1. The van der Waals surface area contributed by atoms with Gasteiger partial charge in [-0.3, -0.25) is 4.79 Å². The highest BCUT2D eigenvalue weighted by Gasteiger charge is 2.20. The van der Waals surface area contributed by atoms with Crippen LogP contribution in [-0.2, 0) is 11.3 Å². The van der Waals surface area contributed by atoms with E-state index in [-0.39, 0.29) is 18.0 Å². The Hall–Kier alpha value is -2.29. The molecule has 3 rings (SSSR count). The van der Waals surface area contributed by atoms with Crippen LogP contribution in [0.4, 0.5) is 5.69 Å². The zero-order chi connectivity index (χ0) is 17.1. The summed E-state index contributed by atoms with van der Waals surface area (Å²) >= 11 is 1.33. The van der Waals surface area contributed by atoms with Gasteiger partial charge in [-0.05, 0) is 35.4 Å². The van der Waals surface area contributed by atoms with E-state index in [1.807, 2.05) is 6.92 Å². The number of hydrogen-bond acceptors (Lipinski definition) is 7. The second-order valence-corrected chi connectivity index (χ2v) is 7.16. The van der Waals surface area contributed by atoms with E-state index in [0.717, 1.165) is 0 Å². The molecule has 0 saturated carbocycles. The summed E-state index contributed by atoms with van der Waals surface area (Å²) in [6.45, 7) is 6.92. The standard InChI is InChI=1S/C15H19N5O3S/c1-9(2)7-20-15(17-18-19-20)24-10(3)14(21)16-11-4-5-12-13(6-11)23-8-22-12/h4-6,9-10H,7-8H2,1-3H3,(H,16,21). The van der Waals surface area contributed by atoms with Crippen LogP contribution in [-0.4, -0.2) is 38.2 Å². The highest BCUT2D eigenvalue weighted by molar-refractivity contribution is 8.00. The molecular weight excluding hydrogens is 330 g/mol. The van der Waals surface area contributed by atoms with E-state index in [0.29, 0.717) is 34.8 Å². The Balaban J connectivity index is 1.62. The highest BCUT2D eigenvalue weighted by atomic mass is 32.2. The predicted molar refractivity (Wildman–Crippen MR) is 89.2 cm³/mol. The van der Waals surface area contributed by atoms with Crippen molar-refractivity contribution in [1.82, 2.24) is 20.2 Å². The fourth-order valence-electron chi connectivity index (χ4n) is 2.17. The molecule has 0 fully saturated rings. The first-order valence-electron chi connectivity index (χ1n) is 7.66. The summed E-state index contributed by atoms with van der Waals surface area (Å²) in [6, 6.07) is 5.31. The lowest BCUT2D eigenvalue weighted by atomic mass is 10.2. The molecule has 0 saturated heterocycles. The zero-order valence-electron chi connectivity index (χ0n) is 13.7. The first-order valence-corrected chi connectivity index (χ1v) is 8.54. The van der Waals surface area contributed by atoms with E-state index in [2.05, 4.69) is 34.7 Å². The van der Waals surface area contributed by atoms with Gasteiger partial charge < -0.3 is 14.8 Å². The topological polar surface area (TPSA) is 91.2 Å².